The van der Waals surface area contributed by atoms with Crippen LogP contribution in [0.1, 0.15) is 297 Å². The Bertz CT molecular complexity index is 1230. The standard InChI is InChI=1S/C62H110O6/c1-4-7-10-13-16-19-21-23-24-25-26-27-28-29-30-31-32-33-34-35-36-37-38-39-41-43-46-49-52-55-61(64)67-58-59(57-66-60(63)54-51-48-45-42-18-15-12-9-6-3)68-62(65)56-53-50-47-44-40-22-20-17-14-11-8-5-2/h7,10,16-17,19-20,23-24,26-27,59H,4-6,8-9,11-15,18,21-22,25,28-58H2,1-3H3/b10-7-,19-16-,20-17-,24-23-,27-26-. The molecule has 68 heavy (non-hydrogen) atoms. The van der Waals surface area contributed by atoms with Gasteiger partial charge in [-0.3, -0.25) is 14.4 Å². The second-order valence-electron chi connectivity index (χ2n) is 19.5. The quantitative estimate of drug-likeness (QED) is 0.0262. The van der Waals surface area contributed by atoms with Crippen molar-refractivity contribution in [2.75, 3.05) is 13.2 Å². The summed E-state index contributed by atoms with van der Waals surface area (Å²) in [6.45, 7) is 6.50. The Morgan fingerprint density at radius 1 is 0.309 bits per heavy atom. The monoisotopic (exact) mass is 951 g/mol. The Labute approximate surface area is 421 Å². The van der Waals surface area contributed by atoms with Crippen LogP contribution in [0.3, 0.4) is 0 Å². The Hall–Kier alpha value is -2.89. The van der Waals surface area contributed by atoms with Gasteiger partial charge in [-0.2, -0.15) is 0 Å². The molecule has 0 rings (SSSR count). The van der Waals surface area contributed by atoms with Crippen LogP contribution >= 0.6 is 0 Å². The molecular formula is C62H110O6. The highest BCUT2D eigenvalue weighted by molar-refractivity contribution is 5.71. The molecule has 0 saturated heterocycles. The van der Waals surface area contributed by atoms with Gasteiger partial charge in [-0.05, 0) is 83.5 Å². The van der Waals surface area contributed by atoms with Crippen LogP contribution in [-0.4, -0.2) is 37.2 Å². The summed E-state index contributed by atoms with van der Waals surface area (Å²) >= 11 is 0. The van der Waals surface area contributed by atoms with Crippen molar-refractivity contribution >= 4 is 17.9 Å². The van der Waals surface area contributed by atoms with Crippen molar-refractivity contribution in [3.05, 3.63) is 60.8 Å². The summed E-state index contributed by atoms with van der Waals surface area (Å²) in [4.78, 5) is 38.0. The molecule has 0 saturated carbocycles. The first-order valence-corrected chi connectivity index (χ1v) is 29.3. The van der Waals surface area contributed by atoms with Gasteiger partial charge in [0.2, 0.25) is 0 Å². The van der Waals surface area contributed by atoms with Crippen molar-refractivity contribution in [3.8, 4) is 0 Å². The number of carbonyl (C=O) groups excluding carboxylic acids is 3. The largest absolute Gasteiger partial charge is 0.462 e. The summed E-state index contributed by atoms with van der Waals surface area (Å²) in [6, 6.07) is 0. The summed E-state index contributed by atoms with van der Waals surface area (Å²) in [5.41, 5.74) is 0. The number of unbranched alkanes of at least 4 members (excludes halogenated alkanes) is 32. The van der Waals surface area contributed by atoms with Crippen LogP contribution in [0.15, 0.2) is 60.8 Å². The minimum absolute atomic E-state index is 0.0736. The lowest BCUT2D eigenvalue weighted by atomic mass is 10.0. The SMILES string of the molecule is CC/C=C\C/C=C\C/C=C\C/C=C\CCCCCCCCCCCCCCCCCCC(=O)OCC(COC(=O)CCCCCCCCCCC)OC(=O)CCCCCCC/C=C\CCCCC. The molecule has 0 radical (unpaired) electrons. The van der Waals surface area contributed by atoms with Crippen molar-refractivity contribution in [1.29, 1.82) is 0 Å². The van der Waals surface area contributed by atoms with E-state index in [1.807, 2.05) is 0 Å². The van der Waals surface area contributed by atoms with Gasteiger partial charge in [-0.15, -0.1) is 0 Å². The Balaban J connectivity index is 4.08. The number of hydrogen-bond acceptors (Lipinski definition) is 6. The molecule has 0 aromatic rings. The molecule has 0 bridgehead atoms. The predicted octanol–water partition coefficient (Wildman–Crippen LogP) is 19.6. The molecule has 0 aliphatic rings. The summed E-state index contributed by atoms with van der Waals surface area (Å²) in [5, 5.41) is 0. The Morgan fingerprint density at radius 3 is 0.941 bits per heavy atom. The molecule has 394 valence electrons. The van der Waals surface area contributed by atoms with Gasteiger partial charge in [0.25, 0.3) is 0 Å². The van der Waals surface area contributed by atoms with Crippen LogP contribution in [0.5, 0.6) is 0 Å². The summed E-state index contributed by atoms with van der Waals surface area (Å²) in [7, 11) is 0. The van der Waals surface area contributed by atoms with Crippen LogP contribution in [0.2, 0.25) is 0 Å². The van der Waals surface area contributed by atoms with Gasteiger partial charge in [-0.25, -0.2) is 0 Å². The molecule has 6 heteroatoms. The van der Waals surface area contributed by atoms with Crippen molar-refractivity contribution in [2.45, 2.75) is 303 Å². The Morgan fingerprint density at radius 2 is 0.574 bits per heavy atom. The van der Waals surface area contributed by atoms with Crippen molar-refractivity contribution in [1.82, 2.24) is 0 Å². The number of carbonyl (C=O) groups is 3. The van der Waals surface area contributed by atoms with E-state index in [4.69, 9.17) is 14.2 Å². The van der Waals surface area contributed by atoms with Gasteiger partial charge in [-0.1, -0.05) is 255 Å². The van der Waals surface area contributed by atoms with Crippen molar-refractivity contribution in [3.63, 3.8) is 0 Å². The molecule has 0 aromatic heterocycles. The number of hydrogen-bond donors (Lipinski definition) is 0. The molecule has 0 amide bonds. The van der Waals surface area contributed by atoms with E-state index in [0.717, 1.165) is 96.3 Å². The maximum atomic E-state index is 12.8. The van der Waals surface area contributed by atoms with E-state index < -0.39 is 6.10 Å². The lowest BCUT2D eigenvalue weighted by molar-refractivity contribution is -0.167. The van der Waals surface area contributed by atoms with E-state index in [1.54, 1.807) is 0 Å². The molecule has 0 aromatic carbocycles. The average Bonchev–Trinajstić information content (AvgIpc) is 3.34. The summed E-state index contributed by atoms with van der Waals surface area (Å²) in [5.74, 6) is -0.875. The normalized spacial score (nSPS) is 12.5. The topological polar surface area (TPSA) is 78.9 Å². The van der Waals surface area contributed by atoms with Crippen LogP contribution in [-0.2, 0) is 28.6 Å². The van der Waals surface area contributed by atoms with Crippen LogP contribution < -0.4 is 0 Å². The van der Waals surface area contributed by atoms with Crippen LogP contribution in [0.25, 0.3) is 0 Å². The number of ether oxygens (including phenoxy) is 3. The maximum Gasteiger partial charge on any atom is 0.306 e. The lowest BCUT2D eigenvalue weighted by Crippen LogP contribution is -2.30. The van der Waals surface area contributed by atoms with Crippen LogP contribution in [0, 0.1) is 0 Å². The molecule has 0 spiro atoms. The average molecular weight is 952 g/mol. The zero-order valence-electron chi connectivity index (χ0n) is 45.1. The highest BCUT2D eigenvalue weighted by Gasteiger charge is 2.19. The second-order valence-corrected chi connectivity index (χ2v) is 19.5. The smallest absolute Gasteiger partial charge is 0.306 e. The maximum absolute atomic E-state index is 12.8. The third-order valence-corrected chi connectivity index (χ3v) is 12.8. The fourth-order valence-corrected chi connectivity index (χ4v) is 8.37. The number of rotatable bonds is 53. The first-order valence-electron chi connectivity index (χ1n) is 29.3. The molecular weight excluding hydrogens is 841 g/mol. The zero-order valence-corrected chi connectivity index (χ0v) is 45.1. The zero-order chi connectivity index (χ0) is 49.3. The first kappa shape index (κ1) is 65.1. The van der Waals surface area contributed by atoms with Crippen molar-refractivity contribution in [2.24, 2.45) is 0 Å². The molecule has 1 atom stereocenters. The molecule has 0 aliphatic carbocycles. The van der Waals surface area contributed by atoms with Gasteiger partial charge in [0.1, 0.15) is 13.2 Å². The minimum atomic E-state index is -0.773. The van der Waals surface area contributed by atoms with Gasteiger partial charge < -0.3 is 14.2 Å². The lowest BCUT2D eigenvalue weighted by Gasteiger charge is -2.18. The van der Waals surface area contributed by atoms with Gasteiger partial charge in [0.15, 0.2) is 6.10 Å². The third-order valence-electron chi connectivity index (χ3n) is 12.8. The van der Waals surface area contributed by atoms with Crippen LogP contribution in [0.4, 0.5) is 0 Å². The molecule has 0 N–H and O–H groups in total. The summed E-state index contributed by atoms with van der Waals surface area (Å²) < 4.78 is 16.8. The highest BCUT2D eigenvalue weighted by atomic mass is 16.6. The van der Waals surface area contributed by atoms with Gasteiger partial charge >= 0.3 is 17.9 Å². The fraction of sp³-hybridized carbons (Fsp3) is 0.790. The van der Waals surface area contributed by atoms with E-state index >= 15 is 0 Å². The van der Waals surface area contributed by atoms with E-state index in [-0.39, 0.29) is 31.1 Å². The van der Waals surface area contributed by atoms with E-state index in [2.05, 4.69) is 81.5 Å². The van der Waals surface area contributed by atoms with E-state index in [0.29, 0.717) is 19.3 Å². The highest BCUT2D eigenvalue weighted by Crippen LogP contribution is 2.16. The molecule has 0 fully saturated rings. The second kappa shape index (κ2) is 56.7. The van der Waals surface area contributed by atoms with Crippen molar-refractivity contribution < 1.29 is 28.6 Å². The van der Waals surface area contributed by atoms with E-state index in [1.165, 1.54) is 161 Å². The van der Waals surface area contributed by atoms with Gasteiger partial charge in [0, 0.05) is 19.3 Å². The van der Waals surface area contributed by atoms with E-state index in [9.17, 15) is 14.4 Å². The molecule has 1 unspecified atom stereocenters. The molecule has 6 nitrogen and oxygen atoms in total. The Kier molecular flexibility index (Phi) is 54.3. The first-order chi connectivity index (χ1) is 33.5. The predicted molar refractivity (Wildman–Crippen MR) is 293 cm³/mol. The number of allylic oxidation sites excluding steroid dienone is 10. The van der Waals surface area contributed by atoms with Gasteiger partial charge in [0.05, 0.1) is 0 Å². The third kappa shape index (κ3) is 54.1. The molecule has 0 aliphatic heterocycles. The number of esters is 3. The minimum Gasteiger partial charge on any atom is -0.462 e. The summed E-state index contributed by atoms with van der Waals surface area (Å²) in [6.07, 6.45) is 71.0. The fourth-order valence-electron chi connectivity index (χ4n) is 8.37. The molecule has 0 heterocycles.